The molecule has 0 radical (unpaired) electrons. The minimum absolute atomic E-state index is 0.0616. The predicted octanol–water partition coefficient (Wildman–Crippen LogP) is 1.61. The number of piperidine rings is 1. The maximum atomic E-state index is 12.2. The summed E-state index contributed by atoms with van der Waals surface area (Å²) in [7, 11) is -3.25. The Kier molecular flexibility index (Phi) is 5.69. The monoisotopic (exact) mass is 338 g/mol. The third-order valence-corrected chi connectivity index (χ3v) is 6.18. The normalized spacial score (nSPS) is 24.1. The lowest BCUT2D eigenvalue weighted by Gasteiger charge is -2.35. The van der Waals surface area contributed by atoms with Crippen molar-refractivity contribution in [1.29, 1.82) is 0 Å². The molecule has 0 spiro atoms. The molecule has 2 fully saturated rings. The highest BCUT2D eigenvalue weighted by Gasteiger charge is 2.28. The summed E-state index contributed by atoms with van der Waals surface area (Å²) in [6.07, 6.45) is 3.25. The lowest BCUT2D eigenvalue weighted by atomic mass is 9.96. The topological polar surface area (TPSA) is 58.6 Å². The molecule has 2 aliphatic heterocycles. The molecule has 2 aliphatic rings. The quantitative estimate of drug-likeness (QED) is 0.856. The van der Waals surface area contributed by atoms with Crippen LogP contribution >= 0.6 is 0 Å². The van der Waals surface area contributed by atoms with Gasteiger partial charge in [-0.2, -0.15) is 0 Å². The van der Waals surface area contributed by atoms with E-state index in [1.807, 2.05) is 30.3 Å². The molecule has 0 unspecified atom stereocenters. The molecule has 3 rings (SSSR count). The molecule has 0 saturated carbocycles. The van der Waals surface area contributed by atoms with E-state index in [0.717, 1.165) is 51.1 Å². The number of sulfonamides is 1. The van der Waals surface area contributed by atoms with Gasteiger partial charge >= 0.3 is 0 Å². The van der Waals surface area contributed by atoms with E-state index in [4.69, 9.17) is 4.74 Å². The molecule has 128 valence electrons. The second kappa shape index (κ2) is 7.75. The SMILES string of the molecule is O=S(=O)(Cc1ccccc1)NCC1CCN([C@@H]2CCOC2)CC1. The molecule has 2 saturated heterocycles. The van der Waals surface area contributed by atoms with E-state index in [9.17, 15) is 8.42 Å². The molecule has 23 heavy (non-hydrogen) atoms. The van der Waals surface area contributed by atoms with E-state index in [0.29, 0.717) is 18.5 Å². The molecular weight excluding hydrogens is 312 g/mol. The molecule has 5 nitrogen and oxygen atoms in total. The van der Waals surface area contributed by atoms with Crippen molar-refractivity contribution < 1.29 is 13.2 Å². The largest absolute Gasteiger partial charge is 0.380 e. The number of rotatable bonds is 6. The maximum Gasteiger partial charge on any atom is 0.215 e. The van der Waals surface area contributed by atoms with E-state index in [1.54, 1.807) is 0 Å². The summed E-state index contributed by atoms with van der Waals surface area (Å²) in [6, 6.07) is 9.90. The molecule has 0 bridgehead atoms. The molecule has 2 heterocycles. The summed E-state index contributed by atoms with van der Waals surface area (Å²) >= 11 is 0. The third-order valence-electron chi connectivity index (χ3n) is 4.86. The van der Waals surface area contributed by atoms with Crippen LogP contribution in [0.5, 0.6) is 0 Å². The van der Waals surface area contributed by atoms with Crippen LogP contribution in [0.15, 0.2) is 30.3 Å². The molecule has 0 aromatic heterocycles. The second-order valence-electron chi connectivity index (χ2n) is 6.59. The fourth-order valence-electron chi connectivity index (χ4n) is 3.42. The van der Waals surface area contributed by atoms with Crippen LogP contribution in [0.1, 0.15) is 24.8 Å². The van der Waals surface area contributed by atoms with Crippen LogP contribution in [0, 0.1) is 5.92 Å². The molecule has 1 aromatic carbocycles. The Labute approximate surface area is 139 Å². The minimum atomic E-state index is -3.25. The van der Waals surface area contributed by atoms with Crippen molar-refractivity contribution in [2.75, 3.05) is 32.8 Å². The Balaban J connectivity index is 1.42. The van der Waals surface area contributed by atoms with Crippen LogP contribution in [0.2, 0.25) is 0 Å². The average Bonchev–Trinajstić information content (AvgIpc) is 3.09. The van der Waals surface area contributed by atoms with E-state index >= 15 is 0 Å². The van der Waals surface area contributed by atoms with Gasteiger partial charge in [0.15, 0.2) is 0 Å². The van der Waals surface area contributed by atoms with Gasteiger partial charge in [-0.25, -0.2) is 13.1 Å². The van der Waals surface area contributed by atoms with Gasteiger partial charge < -0.3 is 4.74 Å². The van der Waals surface area contributed by atoms with Crippen molar-refractivity contribution >= 4 is 10.0 Å². The van der Waals surface area contributed by atoms with Crippen LogP contribution < -0.4 is 4.72 Å². The fraction of sp³-hybridized carbons (Fsp3) is 0.647. The van der Waals surface area contributed by atoms with Crippen LogP contribution in [0.4, 0.5) is 0 Å². The molecule has 1 atom stereocenters. The molecule has 0 aliphatic carbocycles. The lowest BCUT2D eigenvalue weighted by Crippen LogP contribution is -2.44. The molecular formula is C17H26N2O3S. The van der Waals surface area contributed by atoms with Crippen molar-refractivity contribution in [3.05, 3.63) is 35.9 Å². The van der Waals surface area contributed by atoms with Gasteiger partial charge in [0.25, 0.3) is 0 Å². The van der Waals surface area contributed by atoms with Gasteiger partial charge in [0.05, 0.1) is 12.4 Å². The molecule has 0 amide bonds. The summed E-state index contributed by atoms with van der Waals surface area (Å²) in [5.41, 5.74) is 0.830. The zero-order chi connectivity index (χ0) is 16.1. The lowest BCUT2D eigenvalue weighted by molar-refractivity contribution is 0.111. The standard InChI is InChI=1S/C17H26N2O3S/c20-23(21,14-16-4-2-1-3-5-16)18-12-15-6-9-19(10-7-15)17-8-11-22-13-17/h1-5,15,17-18H,6-14H2/t17-/m1/s1. The van der Waals surface area contributed by atoms with Gasteiger partial charge in [0.2, 0.25) is 10.0 Å². The summed E-state index contributed by atoms with van der Waals surface area (Å²) in [5.74, 6) is 0.505. The van der Waals surface area contributed by atoms with Gasteiger partial charge in [-0.1, -0.05) is 30.3 Å². The van der Waals surface area contributed by atoms with Gasteiger partial charge in [-0.05, 0) is 43.8 Å². The Bertz CT molecular complexity index is 577. The number of likely N-dealkylation sites (tertiary alicyclic amines) is 1. The predicted molar refractivity (Wildman–Crippen MR) is 90.6 cm³/mol. The minimum Gasteiger partial charge on any atom is -0.380 e. The van der Waals surface area contributed by atoms with E-state index in [1.165, 1.54) is 0 Å². The third kappa shape index (κ3) is 5.01. The average molecular weight is 338 g/mol. The number of benzene rings is 1. The van der Waals surface area contributed by atoms with Crippen molar-refractivity contribution in [1.82, 2.24) is 9.62 Å². The van der Waals surface area contributed by atoms with Gasteiger partial charge in [0, 0.05) is 19.2 Å². The van der Waals surface area contributed by atoms with Crippen LogP contribution in [0.25, 0.3) is 0 Å². The van der Waals surface area contributed by atoms with Crippen molar-refractivity contribution in [2.24, 2.45) is 5.92 Å². The molecule has 1 N–H and O–H groups in total. The van der Waals surface area contributed by atoms with Gasteiger partial charge in [0.1, 0.15) is 0 Å². The van der Waals surface area contributed by atoms with E-state index < -0.39 is 10.0 Å². The first-order chi connectivity index (χ1) is 11.1. The van der Waals surface area contributed by atoms with Crippen LogP contribution in [0.3, 0.4) is 0 Å². The Morgan fingerprint density at radius 2 is 1.87 bits per heavy atom. The fourth-order valence-corrected chi connectivity index (χ4v) is 4.64. The van der Waals surface area contributed by atoms with E-state index in [2.05, 4.69) is 9.62 Å². The zero-order valence-corrected chi connectivity index (χ0v) is 14.3. The van der Waals surface area contributed by atoms with E-state index in [-0.39, 0.29) is 5.75 Å². The number of hydrogen-bond acceptors (Lipinski definition) is 4. The number of ether oxygens (including phenoxy) is 1. The Morgan fingerprint density at radius 1 is 1.13 bits per heavy atom. The summed E-state index contributed by atoms with van der Waals surface area (Å²) in [4.78, 5) is 2.50. The maximum absolute atomic E-state index is 12.2. The highest BCUT2D eigenvalue weighted by molar-refractivity contribution is 7.88. The van der Waals surface area contributed by atoms with Crippen molar-refractivity contribution in [3.8, 4) is 0 Å². The number of nitrogens with one attached hydrogen (secondary N) is 1. The smallest absolute Gasteiger partial charge is 0.215 e. The first-order valence-electron chi connectivity index (χ1n) is 8.45. The summed E-state index contributed by atoms with van der Waals surface area (Å²) < 4.78 is 32.6. The van der Waals surface area contributed by atoms with Gasteiger partial charge in [-0.15, -0.1) is 0 Å². The first-order valence-corrected chi connectivity index (χ1v) is 10.1. The Hall–Kier alpha value is -0.950. The molecule has 1 aromatic rings. The Morgan fingerprint density at radius 3 is 2.52 bits per heavy atom. The highest BCUT2D eigenvalue weighted by atomic mass is 32.2. The first kappa shape index (κ1) is 16.9. The summed E-state index contributed by atoms with van der Waals surface area (Å²) in [6.45, 7) is 4.40. The number of nitrogens with zero attached hydrogens (tertiary/aromatic N) is 1. The second-order valence-corrected chi connectivity index (χ2v) is 8.40. The van der Waals surface area contributed by atoms with Crippen LogP contribution in [-0.4, -0.2) is 52.2 Å². The zero-order valence-electron chi connectivity index (χ0n) is 13.5. The highest BCUT2D eigenvalue weighted by Crippen LogP contribution is 2.22. The summed E-state index contributed by atoms with van der Waals surface area (Å²) in [5, 5.41) is 0. The van der Waals surface area contributed by atoms with Gasteiger partial charge in [-0.3, -0.25) is 4.90 Å². The molecule has 6 heteroatoms. The van der Waals surface area contributed by atoms with Crippen LogP contribution in [-0.2, 0) is 20.5 Å². The van der Waals surface area contributed by atoms with Crippen molar-refractivity contribution in [2.45, 2.75) is 31.1 Å². The number of hydrogen-bond donors (Lipinski definition) is 1. The van der Waals surface area contributed by atoms with Crippen molar-refractivity contribution in [3.63, 3.8) is 0 Å².